The van der Waals surface area contributed by atoms with Gasteiger partial charge in [0.15, 0.2) is 5.43 Å². The minimum absolute atomic E-state index is 0.0202. The largest absolute Gasteiger partial charge is 0.460 e. The molecule has 1 heterocycles. The molecule has 3 aromatic rings. The van der Waals surface area contributed by atoms with Crippen LogP contribution in [-0.2, 0) is 18.5 Å². The Morgan fingerprint density at radius 2 is 1.57 bits per heavy atom. The summed E-state index contributed by atoms with van der Waals surface area (Å²) in [4.78, 5) is 12.4. The van der Waals surface area contributed by atoms with Crippen molar-refractivity contribution in [3.63, 3.8) is 0 Å². The van der Waals surface area contributed by atoms with Crippen LogP contribution in [0.15, 0.2) is 51.7 Å². The van der Waals surface area contributed by atoms with Gasteiger partial charge in [0.05, 0.1) is 5.39 Å². The van der Waals surface area contributed by atoms with E-state index in [4.69, 9.17) is 4.42 Å². The van der Waals surface area contributed by atoms with Gasteiger partial charge in [-0.05, 0) is 46.7 Å². The molecule has 0 radical (unpaired) electrons. The normalized spacial score (nSPS) is 11.1. The molecule has 2 nitrogen and oxygen atoms in total. The average Bonchev–Trinajstić information content (AvgIpc) is 2.61. The molecule has 0 bridgehead atoms. The molecule has 0 aliphatic rings. The highest BCUT2D eigenvalue weighted by molar-refractivity contribution is 7.15. The van der Waals surface area contributed by atoms with Crippen molar-refractivity contribution in [2.75, 3.05) is 0 Å². The summed E-state index contributed by atoms with van der Waals surface area (Å²) in [6.07, 6.45) is 2.33. The smallest absolute Gasteiger partial charge is 0.192 e. The zero-order chi connectivity index (χ0) is 16.4. The van der Waals surface area contributed by atoms with E-state index >= 15 is 0 Å². The second-order valence-electron chi connectivity index (χ2n) is 5.40. The zero-order valence-electron chi connectivity index (χ0n) is 12.7. The van der Waals surface area contributed by atoms with Crippen molar-refractivity contribution >= 4 is 38.7 Å². The van der Waals surface area contributed by atoms with Crippen molar-refractivity contribution in [1.82, 2.24) is 0 Å². The molecule has 2 aromatic carbocycles. The Kier molecular flexibility index (Phi) is 5.27. The van der Waals surface area contributed by atoms with Crippen molar-refractivity contribution in [3.05, 3.63) is 69.6 Å². The predicted molar refractivity (Wildman–Crippen MR) is 108 cm³/mol. The molecule has 0 saturated heterocycles. The van der Waals surface area contributed by atoms with E-state index in [-0.39, 0.29) is 5.43 Å². The highest BCUT2D eigenvalue weighted by Gasteiger charge is 2.11. The average molecular weight is 360 g/mol. The van der Waals surface area contributed by atoms with Crippen LogP contribution >= 0.6 is 27.7 Å². The number of benzene rings is 2. The van der Waals surface area contributed by atoms with Crippen LogP contribution in [0.2, 0.25) is 0 Å². The maximum absolute atomic E-state index is 12.4. The highest BCUT2D eigenvalue weighted by Crippen LogP contribution is 2.29. The van der Waals surface area contributed by atoms with Crippen LogP contribution in [0.1, 0.15) is 16.9 Å². The van der Waals surface area contributed by atoms with Gasteiger partial charge in [-0.15, -0.1) is 27.7 Å². The molecule has 3 unspecified atom stereocenters. The lowest BCUT2D eigenvalue weighted by atomic mass is 9.99. The van der Waals surface area contributed by atoms with Crippen molar-refractivity contribution in [2.45, 2.75) is 18.5 Å². The molecule has 0 saturated carbocycles. The summed E-state index contributed by atoms with van der Waals surface area (Å²) in [5, 5.41) is 0.650. The van der Waals surface area contributed by atoms with Crippen LogP contribution in [0.3, 0.4) is 0 Å². The first-order valence-electron chi connectivity index (χ1n) is 7.45. The van der Waals surface area contributed by atoms with Gasteiger partial charge in [-0.3, -0.25) is 4.79 Å². The summed E-state index contributed by atoms with van der Waals surface area (Å²) in [6, 6.07) is 14.1. The van der Waals surface area contributed by atoms with Gasteiger partial charge in [-0.25, -0.2) is 0 Å². The Morgan fingerprint density at radius 1 is 0.826 bits per heavy atom. The highest BCUT2D eigenvalue weighted by atomic mass is 31.0. The Morgan fingerprint density at radius 3 is 2.17 bits per heavy atom. The number of hydrogen-bond acceptors (Lipinski definition) is 2. The standard InChI is InChI=1S/C18H19O2P3/c19-17-7-15(10-23)20-18-14(9-22)5-13(6-16(17)18)12-3-1-11(8-21)2-4-12/h1-7H,8-10,21-23H2. The summed E-state index contributed by atoms with van der Waals surface area (Å²) in [6.45, 7) is 0. The molecule has 0 spiro atoms. The summed E-state index contributed by atoms with van der Waals surface area (Å²) in [5.41, 5.74) is 5.20. The summed E-state index contributed by atoms with van der Waals surface area (Å²) in [5.74, 6) is 0.699. The number of hydrogen-bond donors (Lipinski definition) is 0. The minimum atomic E-state index is 0.0202. The van der Waals surface area contributed by atoms with Crippen LogP contribution in [0.25, 0.3) is 22.1 Å². The van der Waals surface area contributed by atoms with Crippen LogP contribution in [0, 0.1) is 0 Å². The Bertz CT molecular complexity index is 899. The molecule has 0 amide bonds. The fourth-order valence-corrected chi connectivity index (χ4v) is 3.41. The van der Waals surface area contributed by atoms with E-state index in [0.717, 1.165) is 29.0 Å². The molecule has 5 heteroatoms. The van der Waals surface area contributed by atoms with E-state index in [0.29, 0.717) is 22.9 Å². The fourth-order valence-electron chi connectivity index (χ4n) is 2.63. The quantitative estimate of drug-likeness (QED) is 0.638. The number of fused-ring (bicyclic) bond motifs is 1. The van der Waals surface area contributed by atoms with Crippen molar-refractivity contribution in [2.24, 2.45) is 0 Å². The maximum Gasteiger partial charge on any atom is 0.192 e. The van der Waals surface area contributed by atoms with E-state index < -0.39 is 0 Å². The van der Waals surface area contributed by atoms with E-state index in [2.05, 4.69) is 58.1 Å². The van der Waals surface area contributed by atoms with Crippen molar-refractivity contribution < 1.29 is 4.42 Å². The molecule has 0 N–H and O–H groups in total. The van der Waals surface area contributed by atoms with E-state index in [1.165, 1.54) is 5.56 Å². The van der Waals surface area contributed by atoms with Gasteiger partial charge in [-0.2, -0.15) is 0 Å². The Labute approximate surface area is 142 Å². The van der Waals surface area contributed by atoms with Gasteiger partial charge in [0.1, 0.15) is 11.3 Å². The summed E-state index contributed by atoms with van der Waals surface area (Å²) in [7, 11) is 8.04. The van der Waals surface area contributed by atoms with Crippen molar-refractivity contribution in [3.8, 4) is 11.1 Å². The molecule has 0 fully saturated rings. The van der Waals surface area contributed by atoms with Gasteiger partial charge in [-0.1, -0.05) is 24.3 Å². The third kappa shape index (κ3) is 3.41. The molecule has 3 atom stereocenters. The monoisotopic (exact) mass is 360 g/mol. The predicted octanol–water partition coefficient (Wildman–Crippen LogP) is 4.59. The van der Waals surface area contributed by atoms with Crippen molar-refractivity contribution in [1.29, 1.82) is 0 Å². The first kappa shape index (κ1) is 16.8. The lowest BCUT2D eigenvalue weighted by Crippen LogP contribution is -2.03. The lowest BCUT2D eigenvalue weighted by Gasteiger charge is -2.10. The molecular weight excluding hydrogens is 341 g/mol. The molecular formula is C18H19O2P3. The fraction of sp³-hybridized carbons (Fsp3) is 0.167. The molecule has 118 valence electrons. The molecule has 0 aliphatic carbocycles. The van der Waals surface area contributed by atoms with Gasteiger partial charge < -0.3 is 4.42 Å². The maximum atomic E-state index is 12.4. The molecule has 3 rings (SSSR count). The van der Waals surface area contributed by atoms with Crippen LogP contribution in [-0.4, -0.2) is 0 Å². The lowest BCUT2D eigenvalue weighted by molar-refractivity contribution is 0.558. The van der Waals surface area contributed by atoms with E-state index in [9.17, 15) is 4.79 Å². The first-order chi connectivity index (χ1) is 11.2. The van der Waals surface area contributed by atoms with Crippen LogP contribution < -0.4 is 5.43 Å². The first-order valence-corrected chi connectivity index (χ1v) is 9.90. The molecule has 0 aliphatic heterocycles. The van der Waals surface area contributed by atoms with Gasteiger partial charge >= 0.3 is 0 Å². The second kappa shape index (κ2) is 7.23. The van der Waals surface area contributed by atoms with Gasteiger partial charge in [0, 0.05) is 12.2 Å². The Hall–Kier alpha value is -1.06. The SMILES string of the molecule is O=c1cc(CP)oc2c(CP)cc(-c3ccc(CP)cc3)cc12. The van der Waals surface area contributed by atoms with Gasteiger partial charge in [0.2, 0.25) is 0 Å². The summed E-state index contributed by atoms with van der Waals surface area (Å²) >= 11 is 0. The Balaban J connectivity index is 2.22. The van der Waals surface area contributed by atoms with Crippen LogP contribution in [0.5, 0.6) is 0 Å². The summed E-state index contributed by atoms with van der Waals surface area (Å²) < 4.78 is 5.90. The number of rotatable bonds is 4. The minimum Gasteiger partial charge on any atom is -0.460 e. The van der Waals surface area contributed by atoms with E-state index in [1.807, 2.05) is 6.07 Å². The van der Waals surface area contributed by atoms with E-state index in [1.54, 1.807) is 6.07 Å². The van der Waals surface area contributed by atoms with Crippen LogP contribution in [0.4, 0.5) is 0 Å². The zero-order valence-corrected chi connectivity index (χ0v) is 16.2. The third-order valence-electron chi connectivity index (χ3n) is 3.90. The molecule has 23 heavy (non-hydrogen) atoms. The van der Waals surface area contributed by atoms with Gasteiger partial charge in [0.25, 0.3) is 0 Å². The second-order valence-corrected chi connectivity index (χ2v) is 6.62. The topological polar surface area (TPSA) is 30.2 Å². The third-order valence-corrected chi connectivity index (χ3v) is 5.21. The molecule has 1 aromatic heterocycles.